The van der Waals surface area contributed by atoms with Crippen LogP contribution < -0.4 is 10.3 Å². The minimum Gasteiger partial charge on any atom is -0.479 e. The zero-order valence-corrected chi connectivity index (χ0v) is 11.3. The van der Waals surface area contributed by atoms with Gasteiger partial charge in [0.25, 0.3) is 11.2 Å². The summed E-state index contributed by atoms with van der Waals surface area (Å²) in [4.78, 5) is 33.1. The average Bonchev–Trinajstić information content (AvgIpc) is 2.43. The van der Waals surface area contributed by atoms with Crippen LogP contribution in [0.2, 0.25) is 0 Å². The maximum Gasteiger partial charge on any atom is 0.344 e. The number of nitrogens with zero attached hydrogens (tertiary/aromatic N) is 2. The summed E-state index contributed by atoms with van der Waals surface area (Å²) in [5.41, 5.74) is -0.149. The van der Waals surface area contributed by atoms with Crippen molar-refractivity contribution in [3.05, 3.63) is 44.7 Å². The molecule has 0 saturated heterocycles. The number of carbonyl (C=O) groups is 1. The minimum atomic E-state index is -1.21. The SMILES string of the molecule is CC(Oc1cc2cc([N+](=O)[O-])ccc2n(C)c1=O)C(=O)O. The number of nitro benzene ring substituents is 1. The van der Waals surface area contributed by atoms with E-state index in [2.05, 4.69) is 0 Å². The smallest absolute Gasteiger partial charge is 0.344 e. The first-order valence-corrected chi connectivity index (χ1v) is 5.99. The molecule has 2 rings (SSSR count). The van der Waals surface area contributed by atoms with Gasteiger partial charge in [0.05, 0.1) is 10.4 Å². The molecule has 1 aromatic carbocycles. The van der Waals surface area contributed by atoms with Gasteiger partial charge in [0, 0.05) is 24.6 Å². The highest BCUT2D eigenvalue weighted by Gasteiger charge is 2.17. The largest absolute Gasteiger partial charge is 0.479 e. The summed E-state index contributed by atoms with van der Waals surface area (Å²) in [6.45, 7) is 1.29. The van der Waals surface area contributed by atoms with Crippen molar-refractivity contribution in [1.82, 2.24) is 4.57 Å². The van der Waals surface area contributed by atoms with E-state index in [4.69, 9.17) is 9.84 Å². The van der Waals surface area contributed by atoms with Crippen molar-refractivity contribution in [2.24, 2.45) is 7.05 Å². The third kappa shape index (κ3) is 2.69. The van der Waals surface area contributed by atoms with Crippen LogP contribution >= 0.6 is 0 Å². The molecule has 0 bridgehead atoms. The number of aliphatic carboxylic acids is 1. The number of pyridine rings is 1. The highest BCUT2D eigenvalue weighted by Crippen LogP contribution is 2.22. The third-order valence-electron chi connectivity index (χ3n) is 3.04. The van der Waals surface area contributed by atoms with Crippen LogP contribution in [0.1, 0.15) is 6.92 Å². The molecule has 8 nitrogen and oxygen atoms in total. The molecule has 0 amide bonds. The molecule has 0 spiro atoms. The average molecular weight is 292 g/mol. The first-order chi connectivity index (χ1) is 9.81. The van der Waals surface area contributed by atoms with Crippen molar-refractivity contribution >= 4 is 22.6 Å². The molecular weight excluding hydrogens is 280 g/mol. The fourth-order valence-corrected chi connectivity index (χ4v) is 1.88. The van der Waals surface area contributed by atoms with Crippen LogP contribution in [0.3, 0.4) is 0 Å². The second kappa shape index (κ2) is 5.23. The van der Waals surface area contributed by atoms with Crippen molar-refractivity contribution in [2.45, 2.75) is 13.0 Å². The first-order valence-electron chi connectivity index (χ1n) is 5.99. The maximum absolute atomic E-state index is 12.1. The Kier molecular flexibility index (Phi) is 3.62. The summed E-state index contributed by atoms with van der Waals surface area (Å²) < 4.78 is 6.35. The van der Waals surface area contributed by atoms with E-state index < -0.39 is 22.6 Å². The third-order valence-corrected chi connectivity index (χ3v) is 3.04. The fourth-order valence-electron chi connectivity index (χ4n) is 1.88. The van der Waals surface area contributed by atoms with Gasteiger partial charge in [-0.05, 0) is 19.1 Å². The Morgan fingerprint density at radius 3 is 2.67 bits per heavy atom. The van der Waals surface area contributed by atoms with Crippen molar-refractivity contribution in [2.75, 3.05) is 0 Å². The van der Waals surface area contributed by atoms with Crippen LogP contribution in [0.25, 0.3) is 10.9 Å². The van der Waals surface area contributed by atoms with E-state index in [0.29, 0.717) is 10.9 Å². The van der Waals surface area contributed by atoms with Gasteiger partial charge in [0.15, 0.2) is 11.9 Å². The van der Waals surface area contributed by atoms with E-state index >= 15 is 0 Å². The van der Waals surface area contributed by atoms with Gasteiger partial charge in [0.2, 0.25) is 0 Å². The normalized spacial score (nSPS) is 12.1. The first kappa shape index (κ1) is 14.5. The Morgan fingerprint density at radius 1 is 1.43 bits per heavy atom. The highest BCUT2D eigenvalue weighted by atomic mass is 16.6. The molecule has 1 unspecified atom stereocenters. The second-order valence-corrected chi connectivity index (χ2v) is 4.47. The van der Waals surface area contributed by atoms with E-state index in [1.165, 1.54) is 42.8 Å². The van der Waals surface area contributed by atoms with Crippen molar-refractivity contribution in [3.63, 3.8) is 0 Å². The van der Waals surface area contributed by atoms with Crippen molar-refractivity contribution in [3.8, 4) is 5.75 Å². The van der Waals surface area contributed by atoms with Gasteiger partial charge in [0.1, 0.15) is 0 Å². The lowest BCUT2D eigenvalue weighted by atomic mass is 10.2. The zero-order chi connectivity index (χ0) is 15.7. The summed E-state index contributed by atoms with van der Waals surface area (Å²) >= 11 is 0. The van der Waals surface area contributed by atoms with Gasteiger partial charge >= 0.3 is 5.97 Å². The number of ether oxygens (including phenoxy) is 1. The van der Waals surface area contributed by atoms with Crippen LogP contribution in [-0.4, -0.2) is 26.7 Å². The van der Waals surface area contributed by atoms with Gasteiger partial charge in [-0.25, -0.2) is 4.79 Å². The number of hydrogen-bond acceptors (Lipinski definition) is 5. The number of non-ortho nitro benzene ring substituents is 1. The van der Waals surface area contributed by atoms with Gasteiger partial charge in [-0.15, -0.1) is 0 Å². The fraction of sp³-hybridized carbons (Fsp3) is 0.231. The Hall–Kier alpha value is -2.90. The van der Waals surface area contributed by atoms with Crippen LogP contribution in [0.15, 0.2) is 29.1 Å². The topological polar surface area (TPSA) is 112 Å². The molecule has 21 heavy (non-hydrogen) atoms. The number of fused-ring (bicyclic) bond motifs is 1. The van der Waals surface area contributed by atoms with Crippen molar-refractivity contribution < 1.29 is 19.6 Å². The van der Waals surface area contributed by atoms with Gasteiger partial charge in [-0.3, -0.25) is 14.9 Å². The second-order valence-electron chi connectivity index (χ2n) is 4.47. The molecule has 8 heteroatoms. The van der Waals surface area contributed by atoms with Crippen LogP contribution in [0.5, 0.6) is 5.75 Å². The van der Waals surface area contributed by atoms with Gasteiger partial charge < -0.3 is 14.4 Å². The number of nitro groups is 1. The summed E-state index contributed by atoms with van der Waals surface area (Å²) in [5.74, 6) is -1.38. The molecule has 0 aliphatic carbocycles. The Bertz CT molecular complexity index is 795. The molecule has 0 fully saturated rings. The molecule has 1 heterocycles. The summed E-state index contributed by atoms with van der Waals surface area (Å²) in [6.07, 6.45) is -1.20. The van der Waals surface area contributed by atoms with E-state index in [-0.39, 0.29) is 11.4 Å². The lowest BCUT2D eigenvalue weighted by molar-refractivity contribution is -0.384. The molecule has 110 valence electrons. The number of carboxylic acid groups (broad SMARTS) is 1. The molecule has 0 saturated carbocycles. The maximum atomic E-state index is 12.1. The van der Waals surface area contributed by atoms with Gasteiger partial charge in [-0.1, -0.05) is 0 Å². The molecule has 0 radical (unpaired) electrons. The number of aromatic nitrogens is 1. The lowest BCUT2D eigenvalue weighted by Gasteiger charge is -2.12. The predicted molar refractivity (Wildman–Crippen MR) is 73.6 cm³/mol. The number of rotatable bonds is 4. The van der Waals surface area contributed by atoms with E-state index in [0.717, 1.165) is 0 Å². The minimum absolute atomic E-state index is 0.126. The van der Waals surface area contributed by atoms with E-state index in [1.54, 1.807) is 0 Å². The van der Waals surface area contributed by atoms with Crippen LogP contribution in [0.4, 0.5) is 5.69 Å². The van der Waals surface area contributed by atoms with Crippen LogP contribution in [0, 0.1) is 10.1 Å². The van der Waals surface area contributed by atoms with Crippen molar-refractivity contribution in [1.29, 1.82) is 0 Å². The number of hydrogen-bond donors (Lipinski definition) is 1. The molecular formula is C13H12N2O6. The van der Waals surface area contributed by atoms with Crippen LogP contribution in [-0.2, 0) is 11.8 Å². The summed E-state index contributed by atoms with van der Waals surface area (Å²) in [5, 5.41) is 20.0. The molecule has 0 aliphatic rings. The number of carboxylic acids is 1. The molecule has 1 aromatic heterocycles. The summed E-state index contributed by atoms with van der Waals surface area (Å²) in [7, 11) is 1.48. The molecule has 2 aromatic rings. The van der Waals surface area contributed by atoms with E-state index in [9.17, 15) is 19.7 Å². The zero-order valence-electron chi connectivity index (χ0n) is 11.3. The predicted octanol–water partition coefficient (Wildman–Crippen LogP) is 1.30. The Morgan fingerprint density at radius 2 is 2.10 bits per heavy atom. The van der Waals surface area contributed by atoms with E-state index in [1.807, 2.05) is 0 Å². The number of aryl methyl sites for hydroxylation is 1. The standard InChI is InChI=1S/C13H12N2O6/c1-7(13(17)18)21-11-6-8-5-9(15(19)20)3-4-10(8)14(2)12(11)16/h3-7H,1-2H3,(H,17,18). The highest BCUT2D eigenvalue weighted by molar-refractivity contribution is 5.83. The molecule has 1 atom stereocenters. The Labute approximate surface area is 118 Å². The number of benzene rings is 1. The quantitative estimate of drug-likeness (QED) is 0.671. The summed E-state index contributed by atoms with van der Waals surface area (Å²) in [6, 6.07) is 5.36. The Balaban J connectivity index is 2.62. The molecule has 0 aliphatic heterocycles. The monoisotopic (exact) mass is 292 g/mol. The molecule has 1 N–H and O–H groups in total. The lowest BCUT2D eigenvalue weighted by Crippen LogP contribution is -2.28. The van der Waals surface area contributed by atoms with Gasteiger partial charge in [-0.2, -0.15) is 0 Å².